The fraction of sp³-hybridized carbons (Fsp3) is 0.375. The van der Waals surface area contributed by atoms with Crippen LogP contribution in [0.4, 0.5) is 0 Å². The molecule has 0 amide bonds. The minimum atomic E-state index is 1.08. The van der Waals surface area contributed by atoms with Gasteiger partial charge in [-0.25, -0.2) is 0 Å². The number of benzene rings is 1. The summed E-state index contributed by atoms with van der Waals surface area (Å²) >= 11 is 0. The summed E-state index contributed by atoms with van der Waals surface area (Å²) in [7, 11) is 0. The number of aryl methyl sites for hydroxylation is 4. The van der Waals surface area contributed by atoms with Gasteiger partial charge in [-0.15, -0.1) is 0 Å². The highest BCUT2D eigenvalue weighted by atomic mass is 15.0. The monoisotopic (exact) mass is 227 g/mol. The Hall–Kier alpha value is -1.50. The lowest BCUT2D eigenvalue weighted by Crippen LogP contribution is -2.06. The van der Waals surface area contributed by atoms with Gasteiger partial charge < -0.3 is 4.57 Å². The highest BCUT2D eigenvalue weighted by Gasteiger charge is 2.11. The van der Waals surface area contributed by atoms with Crippen molar-refractivity contribution < 1.29 is 0 Å². The molecule has 2 rings (SSSR count). The molecule has 0 unspecified atom stereocenters. The molecule has 0 aliphatic rings. The van der Waals surface area contributed by atoms with Crippen LogP contribution in [0.3, 0.4) is 0 Å². The van der Waals surface area contributed by atoms with Crippen LogP contribution in [0.2, 0.25) is 0 Å². The molecule has 0 aliphatic carbocycles. The van der Waals surface area contributed by atoms with Crippen LogP contribution in [0.15, 0.2) is 30.3 Å². The Kier molecular flexibility index (Phi) is 3.37. The summed E-state index contributed by atoms with van der Waals surface area (Å²) < 4.78 is 2.39. The summed E-state index contributed by atoms with van der Waals surface area (Å²) in [5, 5.41) is 0. The van der Waals surface area contributed by atoms with Crippen LogP contribution in [0.1, 0.15) is 36.4 Å². The second kappa shape index (κ2) is 4.79. The molecule has 0 bridgehead atoms. The van der Waals surface area contributed by atoms with E-state index in [2.05, 4.69) is 62.6 Å². The summed E-state index contributed by atoms with van der Waals surface area (Å²) in [5.74, 6) is 0. The first-order valence-electron chi connectivity index (χ1n) is 6.45. The molecule has 1 aromatic carbocycles. The van der Waals surface area contributed by atoms with E-state index in [1.807, 2.05) is 0 Å². The molecule has 0 N–H and O–H groups in total. The van der Waals surface area contributed by atoms with Gasteiger partial charge in [0.1, 0.15) is 0 Å². The van der Waals surface area contributed by atoms with E-state index in [9.17, 15) is 0 Å². The van der Waals surface area contributed by atoms with Crippen molar-refractivity contribution in [3.8, 4) is 5.69 Å². The molecule has 90 valence electrons. The Balaban J connectivity index is 2.73. The molecule has 0 radical (unpaired) electrons. The largest absolute Gasteiger partial charge is 0.318 e. The lowest BCUT2D eigenvalue weighted by molar-refractivity contribution is 0.910. The Morgan fingerprint density at radius 2 is 1.29 bits per heavy atom. The number of aromatic nitrogens is 1. The van der Waals surface area contributed by atoms with Gasteiger partial charge in [-0.1, -0.05) is 32.0 Å². The minimum Gasteiger partial charge on any atom is -0.318 e. The van der Waals surface area contributed by atoms with E-state index in [0.29, 0.717) is 0 Å². The molecule has 1 nitrogen and oxygen atoms in total. The van der Waals surface area contributed by atoms with Crippen LogP contribution in [-0.4, -0.2) is 4.57 Å². The lowest BCUT2D eigenvalue weighted by atomic mass is 10.0. The second-order valence-electron chi connectivity index (χ2n) is 4.58. The summed E-state index contributed by atoms with van der Waals surface area (Å²) in [4.78, 5) is 0. The number of hydrogen-bond donors (Lipinski definition) is 0. The van der Waals surface area contributed by atoms with Gasteiger partial charge in [0.15, 0.2) is 0 Å². The molecule has 0 spiro atoms. The molecule has 0 saturated carbocycles. The molecule has 1 heteroatoms. The molecule has 0 aliphatic heterocycles. The van der Waals surface area contributed by atoms with Crippen molar-refractivity contribution in [1.82, 2.24) is 4.57 Å². The molecule has 17 heavy (non-hydrogen) atoms. The molecular weight excluding hydrogens is 206 g/mol. The van der Waals surface area contributed by atoms with E-state index in [-0.39, 0.29) is 0 Å². The molecule has 1 heterocycles. The van der Waals surface area contributed by atoms with E-state index >= 15 is 0 Å². The van der Waals surface area contributed by atoms with Crippen molar-refractivity contribution in [2.45, 2.75) is 40.5 Å². The third kappa shape index (κ3) is 2.02. The number of hydrogen-bond acceptors (Lipinski definition) is 0. The minimum absolute atomic E-state index is 1.08. The van der Waals surface area contributed by atoms with Crippen LogP contribution >= 0.6 is 0 Å². The Morgan fingerprint density at radius 1 is 0.824 bits per heavy atom. The van der Waals surface area contributed by atoms with Crippen molar-refractivity contribution in [3.05, 3.63) is 52.8 Å². The van der Waals surface area contributed by atoms with Crippen LogP contribution in [-0.2, 0) is 12.8 Å². The van der Waals surface area contributed by atoms with Gasteiger partial charge in [0, 0.05) is 11.4 Å². The van der Waals surface area contributed by atoms with Gasteiger partial charge in [0.2, 0.25) is 0 Å². The Bertz CT molecular complexity index is 479. The summed E-state index contributed by atoms with van der Waals surface area (Å²) in [6, 6.07) is 11.1. The molecule has 0 saturated heterocycles. The van der Waals surface area contributed by atoms with E-state index < -0.39 is 0 Å². The lowest BCUT2D eigenvalue weighted by Gasteiger charge is -2.18. The smallest absolute Gasteiger partial charge is 0.0518 e. The zero-order chi connectivity index (χ0) is 12.4. The zero-order valence-corrected chi connectivity index (χ0v) is 11.2. The maximum atomic E-state index is 2.39. The first-order chi connectivity index (χ1) is 8.19. The average molecular weight is 227 g/mol. The first-order valence-corrected chi connectivity index (χ1v) is 6.45. The average Bonchev–Trinajstić information content (AvgIpc) is 2.68. The van der Waals surface area contributed by atoms with Gasteiger partial charge >= 0.3 is 0 Å². The van der Waals surface area contributed by atoms with E-state index in [1.165, 1.54) is 28.2 Å². The maximum absolute atomic E-state index is 2.39. The predicted molar refractivity (Wildman–Crippen MR) is 74.0 cm³/mol. The number of rotatable bonds is 3. The van der Waals surface area contributed by atoms with Crippen molar-refractivity contribution >= 4 is 0 Å². The molecule has 0 atom stereocenters. The van der Waals surface area contributed by atoms with Gasteiger partial charge in [0.25, 0.3) is 0 Å². The number of para-hydroxylation sites is 1. The second-order valence-corrected chi connectivity index (χ2v) is 4.58. The van der Waals surface area contributed by atoms with Gasteiger partial charge in [-0.2, -0.15) is 0 Å². The number of nitrogens with zero attached hydrogens (tertiary/aromatic N) is 1. The Morgan fingerprint density at radius 3 is 1.71 bits per heavy atom. The van der Waals surface area contributed by atoms with Crippen molar-refractivity contribution in [2.24, 2.45) is 0 Å². The van der Waals surface area contributed by atoms with Crippen molar-refractivity contribution in [2.75, 3.05) is 0 Å². The van der Waals surface area contributed by atoms with Crippen LogP contribution in [0, 0.1) is 13.8 Å². The van der Waals surface area contributed by atoms with Crippen LogP contribution in [0.5, 0.6) is 0 Å². The maximum Gasteiger partial charge on any atom is 0.0518 e. The highest BCUT2D eigenvalue weighted by Crippen LogP contribution is 2.25. The summed E-state index contributed by atoms with van der Waals surface area (Å²) in [5.41, 5.74) is 6.91. The fourth-order valence-corrected chi connectivity index (χ4v) is 2.52. The fourth-order valence-electron chi connectivity index (χ4n) is 2.52. The first kappa shape index (κ1) is 12.0. The van der Waals surface area contributed by atoms with Crippen molar-refractivity contribution in [3.63, 3.8) is 0 Å². The molecule has 0 fully saturated rings. The topological polar surface area (TPSA) is 4.93 Å². The molecular formula is C16H21N. The third-order valence-corrected chi connectivity index (χ3v) is 3.46. The Labute approximate surface area is 104 Å². The molecule has 1 aromatic heterocycles. The van der Waals surface area contributed by atoms with Crippen molar-refractivity contribution in [1.29, 1.82) is 0 Å². The quantitative estimate of drug-likeness (QED) is 0.740. The normalized spacial score (nSPS) is 10.8. The summed E-state index contributed by atoms with van der Waals surface area (Å²) in [6.45, 7) is 8.82. The van der Waals surface area contributed by atoms with E-state index in [1.54, 1.807) is 0 Å². The SMILES string of the molecule is CCc1cccc(CC)c1-n1c(C)ccc1C. The van der Waals surface area contributed by atoms with Gasteiger partial charge in [-0.3, -0.25) is 0 Å². The predicted octanol–water partition coefficient (Wildman–Crippen LogP) is 4.22. The van der Waals surface area contributed by atoms with Gasteiger partial charge in [0.05, 0.1) is 5.69 Å². The zero-order valence-electron chi connectivity index (χ0n) is 11.2. The van der Waals surface area contributed by atoms with E-state index in [0.717, 1.165) is 12.8 Å². The van der Waals surface area contributed by atoms with Gasteiger partial charge in [-0.05, 0) is 49.9 Å². The molecule has 2 aromatic rings. The highest BCUT2D eigenvalue weighted by molar-refractivity contribution is 5.51. The standard InChI is InChI=1S/C16H21N/c1-5-14-8-7-9-15(6-2)16(14)17-12(3)10-11-13(17)4/h7-11H,5-6H2,1-4H3. The third-order valence-electron chi connectivity index (χ3n) is 3.46. The van der Waals surface area contributed by atoms with E-state index in [4.69, 9.17) is 0 Å². The summed E-state index contributed by atoms with van der Waals surface area (Å²) in [6.07, 6.45) is 2.17. The van der Waals surface area contributed by atoms with Crippen LogP contribution < -0.4 is 0 Å². The van der Waals surface area contributed by atoms with Crippen LogP contribution in [0.25, 0.3) is 5.69 Å².